The maximum atomic E-state index is 4.01. The fourth-order valence-corrected chi connectivity index (χ4v) is 4.84. The van der Waals surface area contributed by atoms with E-state index in [0.717, 1.165) is 5.92 Å². The van der Waals surface area contributed by atoms with Crippen molar-refractivity contribution in [3.63, 3.8) is 0 Å². The summed E-state index contributed by atoms with van der Waals surface area (Å²) in [6.45, 7) is 4.08. The molecule has 0 aromatic heterocycles. The van der Waals surface area contributed by atoms with Gasteiger partial charge in [0.15, 0.2) is 0 Å². The van der Waals surface area contributed by atoms with Crippen LogP contribution >= 0.6 is 0 Å². The van der Waals surface area contributed by atoms with Crippen LogP contribution in [0.4, 0.5) is 0 Å². The molecule has 0 amide bonds. The molecular weight excluding hydrogens is 220 g/mol. The summed E-state index contributed by atoms with van der Waals surface area (Å²) in [7, 11) is 0. The van der Waals surface area contributed by atoms with Crippen molar-refractivity contribution in [1.82, 2.24) is 10.2 Å². The number of hydrogen-bond acceptors (Lipinski definition) is 2. The molecule has 1 aliphatic heterocycles. The predicted octanol–water partition coefficient (Wildman–Crippen LogP) is 2.93. The fraction of sp³-hybridized carbons (Fsp3) is 1.00. The molecule has 0 bridgehead atoms. The summed E-state index contributed by atoms with van der Waals surface area (Å²) in [4.78, 5) is 2.96. The van der Waals surface area contributed by atoms with Gasteiger partial charge in [0, 0.05) is 30.7 Å². The van der Waals surface area contributed by atoms with Crippen LogP contribution < -0.4 is 5.32 Å². The SMILES string of the molecule is C1CCC2(C1)CN(CC1CC1)C1(CCCC1)CN2. The Hall–Kier alpha value is -0.0800. The van der Waals surface area contributed by atoms with Gasteiger partial charge in [-0.05, 0) is 44.4 Å². The molecule has 0 aromatic carbocycles. The largest absolute Gasteiger partial charge is 0.308 e. The lowest BCUT2D eigenvalue weighted by atomic mass is 9.84. The van der Waals surface area contributed by atoms with Gasteiger partial charge in [-0.3, -0.25) is 4.90 Å². The van der Waals surface area contributed by atoms with Crippen molar-refractivity contribution in [2.75, 3.05) is 19.6 Å². The van der Waals surface area contributed by atoms with Crippen LogP contribution in [-0.4, -0.2) is 35.6 Å². The first kappa shape index (κ1) is 11.7. The highest BCUT2D eigenvalue weighted by Gasteiger charge is 2.50. The zero-order chi connectivity index (χ0) is 12.1. The Balaban J connectivity index is 1.54. The van der Waals surface area contributed by atoms with E-state index in [2.05, 4.69) is 10.2 Å². The summed E-state index contributed by atoms with van der Waals surface area (Å²) in [6.07, 6.45) is 14.7. The average molecular weight is 248 g/mol. The number of nitrogens with one attached hydrogen (secondary N) is 1. The molecule has 3 saturated carbocycles. The third-order valence-electron chi connectivity index (χ3n) is 6.23. The van der Waals surface area contributed by atoms with E-state index >= 15 is 0 Å². The maximum Gasteiger partial charge on any atom is 0.0335 e. The number of piperazine rings is 1. The summed E-state index contributed by atoms with van der Waals surface area (Å²) >= 11 is 0. The molecule has 4 aliphatic rings. The van der Waals surface area contributed by atoms with E-state index in [4.69, 9.17) is 0 Å². The maximum absolute atomic E-state index is 4.01. The minimum absolute atomic E-state index is 0.517. The first-order valence-corrected chi connectivity index (χ1v) is 8.31. The van der Waals surface area contributed by atoms with Crippen molar-refractivity contribution in [1.29, 1.82) is 0 Å². The molecule has 4 rings (SSSR count). The summed E-state index contributed by atoms with van der Waals surface area (Å²) in [5, 5.41) is 4.01. The van der Waals surface area contributed by atoms with E-state index < -0.39 is 0 Å². The Kier molecular flexibility index (Phi) is 2.74. The monoisotopic (exact) mass is 248 g/mol. The minimum atomic E-state index is 0.517. The highest BCUT2D eigenvalue weighted by atomic mass is 15.3. The molecule has 18 heavy (non-hydrogen) atoms. The minimum Gasteiger partial charge on any atom is -0.308 e. The quantitative estimate of drug-likeness (QED) is 0.808. The number of nitrogens with zero attached hydrogens (tertiary/aromatic N) is 1. The molecule has 0 unspecified atom stereocenters. The Bertz CT molecular complexity index is 309. The normalized spacial score (nSPS) is 34.7. The van der Waals surface area contributed by atoms with E-state index in [1.54, 1.807) is 0 Å². The molecule has 1 heterocycles. The van der Waals surface area contributed by atoms with Gasteiger partial charge in [-0.15, -0.1) is 0 Å². The molecule has 1 saturated heterocycles. The second kappa shape index (κ2) is 4.21. The van der Waals surface area contributed by atoms with Crippen molar-refractivity contribution < 1.29 is 0 Å². The van der Waals surface area contributed by atoms with Crippen LogP contribution in [0.5, 0.6) is 0 Å². The van der Waals surface area contributed by atoms with E-state index in [1.807, 2.05) is 0 Å². The van der Waals surface area contributed by atoms with Gasteiger partial charge in [-0.1, -0.05) is 25.7 Å². The molecule has 0 aromatic rings. The van der Waals surface area contributed by atoms with Crippen molar-refractivity contribution >= 4 is 0 Å². The molecule has 0 radical (unpaired) electrons. The highest BCUT2D eigenvalue weighted by molar-refractivity contribution is 5.09. The van der Waals surface area contributed by atoms with Crippen molar-refractivity contribution in [3.8, 4) is 0 Å². The smallest absolute Gasteiger partial charge is 0.0335 e. The standard InChI is InChI=1S/C16H28N2/c1-2-8-15(7-1)13-18(11-14-5-6-14)16(12-17-15)9-3-4-10-16/h14,17H,1-13H2. The molecule has 0 atom stereocenters. The van der Waals surface area contributed by atoms with E-state index in [-0.39, 0.29) is 0 Å². The van der Waals surface area contributed by atoms with Crippen molar-refractivity contribution in [3.05, 3.63) is 0 Å². The van der Waals surface area contributed by atoms with E-state index in [0.29, 0.717) is 11.1 Å². The number of hydrogen-bond donors (Lipinski definition) is 1. The molecular formula is C16H28N2. The molecule has 102 valence electrons. The summed E-state index contributed by atoms with van der Waals surface area (Å²) in [5.41, 5.74) is 1.08. The lowest BCUT2D eigenvalue weighted by Gasteiger charge is -2.53. The van der Waals surface area contributed by atoms with E-state index in [9.17, 15) is 0 Å². The lowest BCUT2D eigenvalue weighted by molar-refractivity contribution is 0.00589. The van der Waals surface area contributed by atoms with Crippen molar-refractivity contribution in [2.45, 2.75) is 75.3 Å². The number of rotatable bonds is 2. The third-order valence-corrected chi connectivity index (χ3v) is 6.23. The molecule has 2 heteroatoms. The van der Waals surface area contributed by atoms with Gasteiger partial charge in [-0.2, -0.15) is 0 Å². The summed E-state index contributed by atoms with van der Waals surface area (Å²) in [6, 6.07) is 0. The molecule has 2 spiro atoms. The first-order chi connectivity index (χ1) is 8.80. The van der Waals surface area contributed by atoms with Gasteiger partial charge in [0.1, 0.15) is 0 Å². The summed E-state index contributed by atoms with van der Waals surface area (Å²) < 4.78 is 0. The topological polar surface area (TPSA) is 15.3 Å². The lowest BCUT2D eigenvalue weighted by Crippen LogP contribution is -2.68. The van der Waals surface area contributed by atoms with Crippen LogP contribution in [0.1, 0.15) is 64.2 Å². The average Bonchev–Trinajstić information content (AvgIpc) is 2.91. The first-order valence-electron chi connectivity index (χ1n) is 8.31. The second-order valence-electron chi connectivity index (χ2n) is 7.60. The Morgan fingerprint density at radius 1 is 0.944 bits per heavy atom. The fourth-order valence-electron chi connectivity index (χ4n) is 4.84. The Labute approximate surface area is 111 Å². The molecule has 4 fully saturated rings. The van der Waals surface area contributed by atoms with Gasteiger partial charge >= 0.3 is 0 Å². The predicted molar refractivity (Wildman–Crippen MR) is 74.7 cm³/mol. The van der Waals surface area contributed by atoms with Crippen molar-refractivity contribution in [2.24, 2.45) is 5.92 Å². The zero-order valence-corrected chi connectivity index (χ0v) is 11.7. The highest BCUT2D eigenvalue weighted by Crippen LogP contribution is 2.44. The van der Waals surface area contributed by atoms with Crippen LogP contribution in [0.15, 0.2) is 0 Å². The van der Waals surface area contributed by atoms with Gasteiger partial charge in [-0.25, -0.2) is 0 Å². The van der Waals surface area contributed by atoms with Crippen LogP contribution in [0.3, 0.4) is 0 Å². The summed E-state index contributed by atoms with van der Waals surface area (Å²) in [5.74, 6) is 1.05. The Morgan fingerprint density at radius 3 is 2.28 bits per heavy atom. The van der Waals surface area contributed by atoms with Gasteiger partial charge < -0.3 is 5.32 Å². The molecule has 2 nitrogen and oxygen atoms in total. The van der Waals surface area contributed by atoms with Crippen LogP contribution in [0.2, 0.25) is 0 Å². The van der Waals surface area contributed by atoms with Crippen LogP contribution in [-0.2, 0) is 0 Å². The third kappa shape index (κ3) is 1.92. The van der Waals surface area contributed by atoms with Crippen LogP contribution in [0, 0.1) is 5.92 Å². The van der Waals surface area contributed by atoms with Gasteiger partial charge in [0.25, 0.3) is 0 Å². The van der Waals surface area contributed by atoms with Crippen LogP contribution in [0.25, 0.3) is 0 Å². The molecule has 1 N–H and O–H groups in total. The zero-order valence-electron chi connectivity index (χ0n) is 11.7. The molecule has 3 aliphatic carbocycles. The van der Waals surface area contributed by atoms with Gasteiger partial charge in [0.05, 0.1) is 0 Å². The van der Waals surface area contributed by atoms with E-state index in [1.165, 1.54) is 83.8 Å². The van der Waals surface area contributed by atoms with Gasteiger partial charge in [0.2, 0.25) is 0 Å². The Morgan fingerprint density at radius 2 is 1.61 bits per heavy atom. The second-order valence-corrected chi connectivity index (χ2v) is 7.60.